The predicted molar refractivity (Wildman–Crippen MR) is 67.9 cm³/mol. The van der Waals surface area contributed by atoms with Crippen molar-refractivity contribution in [3.8, 4) is 0 Å². The third kappa shape index (κ3) is 2.13. The zero-order valence-electron chi connectivity index (χ0n) is 8.63. The van der Waals surface area contributed by atoms with E-state index in [0.717, 1.165) is 5.56 Å². The van der Waals surface area contributed by atoms with Gasteiger partial charge in [-0.1, -0.05) is 42.1 Å². The number of hydrogen-bond donors (Lipinski definition) is 0. The molecule has 1 aromatic carbocycles. The maximum Gasteiger partial charge on any atom is 0.130 e. The van der Waals surface area contributed by atoms with E-state index in [2.05, 4.69) is 0 Å². The third-order valence-electron chi connectivity index (χ3n) is 2.62. The molecule has 1 fully saturated rings. The molecular formula is C10H13ClNOPS. The van der Waals surface area contributed by atoms with Crippen LogP contribution in [0.15, 0.2) is 30.3 Å². The molecule has 0 saturated carbocycles. The summed E-state index contributed by atoms with van der Waals surface area (Å²) in [7, 11) is 1.93. The van der Waals surface area contributed by atoms with Crippen molar-refractivity contribution in [2.45, 2.75) is 11.6 Å². The number of halogens is 1. The van der Waals surface area contributed by atoms with Gasteiger partial charge in [-0.3, -0.25) is 0 Å². The fourth-order valence-electron chi connectivity index (χ4n) is 1.59. The van der Waals surface area contributed by atoms with E-state index in [1.807, 2.05) is 48.7 Å². The molecular weight excluding hydrogens is 249 g/mol. The van der Waals surface area contributed by atoms with Crippen LogP contribution in [0.5, 0.6) is 0 Å². The molecule has 1 saturated heterocycles. The van der Waals surface area contributed by atoms with Gasteiger partial charge < -0.3 is 4.52 Å². The molecule has 1 aliphatic heterocycles. The molecule has 0 N–H and O–H groups in total. The Morgan fingerprint density at radius 1 is 1.40 bits per heavy atom. The molecule has 3 atom stereocenters. The van der Waals surface area contributed by atoms with Gasteiger partial charge in [0, 0.05) is 6.66 Å². The molecule has 1 heterocycles. The van der Waals surface area contributed by atoms with Crippen LogP contribution in [-0.4, -0.2) is 23.9 Å². The second-order valence-corrected chi connectivity index (χ2v) is 8.61. The normalized spacial score (nSPS) is 37.0. The molecule has 0 aromatic heterocycles. The van der Waals surface area contributed by atoms with E-state index in [-0.39, 0.29) is 11.6 Å². The smallest absolute Gasteiger partial charge is 0.130 e. The summed E-state index contributed by atoms with van der Waals surface area (Å²) in [5.41, 5.74) is 0.932. The Morgan fingerprint density at radius 2 is 2.00 bits per heavy atom. The van der Waals surface area contributed by atoms with Crippen molar-refractivity contribution in [3.63, 3.8) is 0 Å². The lowest BCUT2D eigenvalue weighted by Crippen LogP contribution is -2.20. The highest BCUT2D eigenvalue weighted by Crippen LogP contribution is 2.60. The lowest BCUT2D eigenvalue weighted by atomic mass is 10.1. The van der Waals surface area contributed by atoms with Crippen LogP contribution >= 0.6 is 18.0 Å². The van der Waals surface area contributed by atoms with E-state index in [1.54, 1.807) is 0 Å². The van der Waals surface area contributed by atoms with Gasteiger partial charge in [0.15, 0.2) is 0 Å². The zero-order valence-corrected chi connectivity index (χ0v) is 11.1. The second-order valence-electron chi connectivity index (χ2n) is 3.69. The number of rotatable bonds is 1. The van der Waals surface area contributed by atoms with E-state index in [1.165, 1.54) is 0 Å². The van der Waals surface area contributed by atoms with Crippen molar-refractivity contribution in [1.29, 1.82) is 0 Å². The first kappa shape index (κ1) is 11.6. The number of nitrogens with zero attached hydrogens (tertiary/aromatic N) is 1. The summed E-state index contributed by atoms with van der Waals surface area (Å²) in [6.07, 6.45) is -1.98. The molecule has 0 radical (unpaired) electrons. The van der Waals surface area contributed by atoms with Gasteiger partial charge in [0.25, 0.3) is 0 Å². The summed E-state index contributed by atoms with van der Waals surface area (Å²) in [4.78, 5) is 0. The standard InChI is InChI=1S/C10H13ClNOPS/c1-12-10(11)9(13-14(12,2)15)8-6-4-3-5-7-8/h3-7,9-10H,1-2H3/t9-,10?,14?/m0/s1. The van der Waals surface area contributed by atoms with Crippen LogP contribution in [0.3, 0.4) is 0 Å². The monoisotopic (exact) mass is 261 g/mol. The van der Waals surface area contributed by atoms with Crippen LogP contribution in [0, 0.1) is 0 Å². The van der Waals surface area contributed by atoms with E-state index in [0.29, 0.717) is 0 Å². The van der Waals surface area contributed by atoms with Crippen LogP contribution in [-0.2, 0) is 16.3 Å². The minimum atomic E-state index is -1.88. The Balaban J connectivity index is 2.31. The average Bonchev–Trinajstić information content (AvgIpc) is 2.44. The van der Waals surface area contributed by atoms with Gasteiger partial charge in [0.2, 0.25) is 0 Å². The van der Waals surface area contributed by atoms with Crippen molar-refractivity contribution in [3.05, 3.63) is 35.9 Å². The van der Waals surface area contributed by atoms with Crippen LogP contribution in [0.2, 0.25) is 0 Å². The van der Waals surface area contributed by atoms with Crippen LogP contribution < -0.4 is 0 Å². The number of alkyl halides is 1. The molecule has 5 heteroatoms. The molecule has 2 unspecified atom stereocenters. The summed E-state index contributed by atoms with van der Waals surface area (Å²) >= 11 is 11.7. The van der Waals surface area contributed by atoms with Gasteiger partial charge >= 0.3 is 0 Å². The Labute approximate surface area is 100 Å². The molecule has 15 heavy (non-hydrogen) atoms. The third-order valence-corrected chi connectivity index (χ3v) is 6.32. The topological polar surface area (TPSA) is 12.5 Å². The molecule has 0 bridgehead atoms. The Kier molecular flexibility index (Phi) is 3.20. The fourth-order valence-corrected chi connectivity index (χ4v) is 4.43. The van der Waals surface area contributed by atoms with Gasteiger partial charge in [-0.2, -0.15) is 0 Å². The first-order valence-electron chi connectivity index (χ1n) is 4.70. The van der Waals surface area contributed by atoms with Crippen LogP contribution in [0.1, 0.15) is 11.7 Å². The fraction of sp³-hybridized carbons (Fsp3) is 0.400. The molecule has 2 rings (SSSR count). The summed E-state index contributed by atoms with van der Waals surface area (Å²) < 4.78 is 7.85. The molecule has 0 spiro atoms. The summed E-state index contributed by atoms with van der Waals surface area (Å²) in [5, 5.41) is 0. The average molecular weight is 262 g/mol. The maximum absolute atomic E-state index is 6.31. The Bertz CT molecular complexity index is 400. The molecule has 1 aromatic rings. The number of likely N-dealkylation sites (N-methyl/N-ethyl adjacent to an activating group) is 1. The van der Waals surface area contributed by atoms with Crippen molar-refractivity contribution in [2.24, 2.45) is 0 Å². The van der Waals surface area contributed by atoms with E-state index >= 15 is 0 Å². The van der Waals surface area contributed by atoms with E-state index in [9.17, 15) is 0 Å². The summed E-state index contributed by atoms with van der Waals surface area (Å²) in [6, 6.07) is 10.00. The van der Waals surface area contributed by atoms with Gasteiger partial charge in [0.05, 0.1) is 0 Å². The van der Waals surface area contributed by atoms with Crippen molar-refractivity contribution < 1.29 is 4.52 Å². The second kappa shape index (κ2) is 4.15. The lowest BCUT2D eigenvalue weighted by Gasteiger charge is -2.18. The highest BCUT2D eigenvalue weighted by molar-refractivity contribution is 8.10. The first-order valence-corrected chi connectivity index (χ1v) is 8.26. The predicted octanol–water partition coefficient (Wildman–Crippen LogP) is 3.19. The van der Waals surface area contributed by atoms with E-state index in [4.69, 9.17) is 27.9 Å². The Morgan fingerprint density at radius 3 is 2.47 bits per heavy atom. The Hall–Kier alpha value is 0.0800. The molecule has 0 amide bonds. The largest absolute Gasteiger partial charge is 0.327 e. The summed E-state index contributed by atoms with van der Waals surface area (Å²) in [6.45, 7) is 1.96. The molecule has 1 aliphatic rings. The van der Waals surface area contributed by atoms with Crippen LogP contribution in [0.4, 0.5) is 0 Å². The van der Waals surface area contributed by atoms with Crippen molar-refractivity contribution in [1.82, 2.24) is 4.67 Å². The quantitative estimate of drug-likeness (QED) is 0.438. The molecule has 0 aliphatic carbocycles. The minimum Gasteiger partial charge on any atom is -0.327 e. The van der Waals surface area contributed by atoms with Crippen molar-refractivity contribution in [2.75, 3.05) is 13.7 Å². The zero-order chi connectivity index (χ0) is 11.1. The molecule has 82 valence electrons. The van der Waals surface area contributed by atoms with Gasteiger partial charge in [-0.15, -0.1) is 11.6 Å². The summed E-state index contributed by atoms with van der Waals surface area (Å²) in [5.74, 6) is 0. The van der Waals surface area contributed by atoms with Gasteiger partial charge in [-0.05, 0) is 12.6 Å². The van der Waals surface area contributed by atoms with Crippen LogP contribution in [0.25, 0.3) is 0 Å². The number of hydrogen-bond acceptors (Lipinski definition) is 2. The minimum absolute atomic E-state index is 0.103. The highest BCUT2D eigenvalue weighted by Gasteiger charge is 2.41. The number of benzene rings is 1. The lowest BCUT2D eigenvalue weighted by molar-refractivity contribution is 0.247. The highest BCUT2D eigenvalue weighted by atomic mass is 35.5. The van der Waals surface area contributed by atoms with E-state index < -0.39 is 6.42 Å². The first-order chi connectivity index (χ1) is 7.02. The van der Waals surface area contributed by atoms with Crippen molar-refractivity contribution >= 4 is 29.8 Å². The maximum atomic E-state index is 6.31. The van der Waals surface area contributed by atoms with Gasteiger partial charge in [-0.25, -0.2) is 4.67 Å². The van der Waals surface area contributed by atoms with Gasteiger partial charge in [0.1, 0.15) is 18.0 Å². The SMILES string of the molecule is CN1C(Cl)[C@H](c2ccccc2)OP1(C)=S. The molecule has 2 nitrogen and oxygen atoms in total.